The number of rotatable bonds is 4. The van der Waals surface area contributed by atoms with Crippen LogP contribution < -0.4 is 10.1 Å². The Morgan fingerprint density at radius 2 is 2.25 bits per heavy atom. The lowest BCUT2D eigenvalue weighted by atomic mass is 10.3. The predicted molar refractivity (Wildman–Crippen MR) is 76.1 cm³/mol. The molecule has 0 unspecified atom stereocenters. The van der Waals surface area contributed by atoms with Gasteiger partial charge in [0.1, 0.15) is 11.6 Å². The molecule has 4 nitrogen and oxygen atoms in total. The second kappa shape index (κ2) is 5.34. The predicted octanol–water partition coefficient (Wildman–Crippen LogP) is 4.29. The van der Waals surface area contributed by atoms with Gasteiger partial charge in [-0.05, 0) is 18.2 Å². The SMILES string of the molecule is COc1ccc(Nc2nc(-c3ccoc3)cs2)c(F)c1. The molecule has 102 valence electrons. The number of anilines is 2. The molecule has 0 aliphatic rings. The third-order valence-corrected chi connectivity index (χ3v) is 3.50. The highest BCUT2D eigenvalue weighted by atomic mass is 32.1. The first-order valence-corrected chi connectivity index (χ1v) is 6.73. The summed E-state index contributed by atoms with van der Waals surface area (Å²) in [5, 5.41) is 5.45. The van der Waals surface area contributed by atoms with Crippen LogP contribution in [0.3, 0.4) is 0 Å². The van der Waals surface area contributed by atoms with Crippen molar-refractivity contribution in [1.29, 1.82) is 0 Å². The number of furan rings is 1. The Morgan fingerprint density at radius 3 is 2.95 bits per heavy atom. The van der Waals surface area contributed by atoms with Gasteiger partial charge in [0.15, 0.2) is 5.13 Å². The zero-order valence-electron chi connectivity index (χ0n) is 10.6. The van der Waals surface area contributed by atoms with Crippen molar-refractivity contribution in [1.82, 2.24) is 4.98 Å². The topological polar surface area (TPSA) is 47.3 Å². The minimum Gasteiger partial charge on any atom is -0.497 e. The quantitative estimate of drug-likeness (QED) is 0.778. The lowest BCUT2D eigenvalue weighted by molar-refractivity contribution is 0.411. The number of hydrogen-bond acceptors (Lipinski definition) is 5. The summed E-state index contributed by atoms with van der Waals surface area (Å²) in [6.07, 6.45) is 3.21. The van der Waals surface area contributed by atoms with E-state index in [4.69, 9.17) is 9.15 Å². The summed E-state index contributed by atoms with van der Waals surface area (Å²) in [4.78, 5) is 4.38. The van der Waals surface area contributed by atoms with Crippen molar-refractivity contribution in [2.24, 2.45) is 0 Å². The van der Waals surface area contributed by atoms with Crippen LogP contribution in [0.15, 0.2) is 46.6 Å². The van der Waals surface area contributed by atoms with Crippen molar-refractivity contribution in [3.63, 3.8) is 0 Å². The van der Waals surface area contributed by atoms with E-state index in [9.17, 15) is 4.39 Å². The molecule has 0 aliphatic carbocycles. The molecule has 0 spiro atoms. The van der Waals surface area contributed by atoms with E-state index in [-0.39, 0.29) is 5.82 Å². The number of aromatic nitrogens is 1. The van der Waals surface area contributed by atoms with Crippen molar-refractivity contribution in [3.05, 3.63) is 48.0 Å². The highest BCUT2D eigenvalue weighted by Gasteiger charge is 2.09. The molecule has 0 bridgehead atoms. The zero-order chi connectivity index (χ0) is 13.9. The number of ether oxygens (including phenoxy) is 1. The highest BCUT2D eigenvalue weighted by Crippen LogP contribution is 2.29. The number of nitrogens with one attached hydrogen (secondary N) is 1. The molecule has 2 aromatic heterocycles. The Kier molecular flexibility index (Phi) is 3.39. The summed E-state index contributed by atoms with van der Waals surface area (Å²) in [5.41, 5.74) is 2.04. The Bertz CT molecular complexity index is 710. The molecule has 2 heterocycles. The Balaban J connectivity index is 1.81. The molecule has 1 N–H and O–H groups in total. The smallest absolute Gasteiger partial charge is 0.187 e. The average Bonchev–Trinajstić information content (AvgIpc) is 3.11. The number of thiazole rings is 1. The second-order valence-electron chi connectivity index (χ2n) is 4.02. The molecule has 0 saturated carbocycles. The largest absolute Gasteiger partial charge is 0.497 e. The molecule has 6 heteroatoms. The van der Waals surface area contributed by atoms with Gasteiger partial charge in [0.2, 0.25) is 0 Å². The van der Waals surface area contributed by atoms with Crippen LogP contribution in [-0.4, -0.2) is 12.1 Å². The lowest BCUT2D eigenvalue weighted by Crippen LogP contribution is -1.94. The standard InChI is InChI=1S/C14H11FN2O2S/c1-18-10-2-3-12(11(15)6-10)16-14-17-13(8-20-14)9-4-5-19-7-9/h2-8H,1H3,(H,16,17). The average molecular weight is 290 g/mol. The molecular formula is C14H11FN2O2S. The van der Waals surface area contributed by atoms with E-state index in [0.29, 0.717) is 16.6 Å². The maximum atomic E-state index is 13.8. The van der Waals surface area contributed by atoms with Crippen LogP contribution in [0.4, 0.5) is 15.2 Å². The molecule has 0 amide bonds. The summed E-state index contributed by atoms with van der Waals surface area (Å²) in [6, 6.07) is 6.46. The van der Waals surface area contributed by atoms with Gasteiger partial charge < -0.3 is 14.5 Å². The van der Waals surface area contributed by atoms with Gasteiger partial charge in [-0.25, -0.2) is 9.37 Å². The van der Waals surface area contributed by atoms with Crippen LogP contribution in [0.1, 0.15) is 0 Å². The number of nitrogens with zero attached hydrogens (tertiary/aromatic N) is 1. The van der Waals surface area contributed by atoms with E-state index in [1.54, 1.807) is 24.7 Å². The minimum atomic E-state index is -0.385. The first-order valence-electron chi connectivity index (χ1n) is 5.85. The van der Waals surface area contributed by atoms with Crippen LogP contribution >= 0.6 is 11.3 Å². The number of halogens is 1. The summed E-state index contributed by atoms with van der Waals surface area (Å²) < 4.78 is 23.8. The molecule has 0 fully saturated rings. The minimum absolute atomic E-state index is 0.360. The van der Waals surface area contributed by atoms with E-state index < -0.39 is 0 Å². The van der Waals surface area contributed by atoms with Crippen molar-refractivity contribution in [2.75, 3.05) is 12.4 Å². The molecule has 3 aromatic rings. The van der Waals surface area contributed by atoms with Crippen molar-refractivity contribution >= 4 is 22.2 Å². The van der Waals surface area contributed by atoms with Gasteiger partial charge in [-0.2, -0.15) is 0 Å². The Morgan fingerprint density at radius 1 is 1.35 bits per heavy atom. The zero-order valence-corrected chi connectivity index (χ0v) is 11.4. The maximum Gasteiger partial charge on any atom is 0.187 e. The summed E-state index contributed by atoms with van der Waals surface area (Å²) in [7, 11) is 1.50. The van der Waals surface area contributed by atoms with Gasteiger partial charge in [0.05, 0.1) is 31.0 Å². The third kappa shape index (κ3) is 2.50. The van der Waals surface area contributed by atoms with Crippen LogP contribution in [0, 0.1) is 5.82 Å². The van der Waals surface area contributed by atoms with Crippen LogP contribution in [0.25, 0.3) is 11.3 Å². The van der Waals surface area contributed by atoms with Gasteiger partial charge in [-0.15, -0.1) is 11.3 Å². The van der Waals surface area contributed by atoms with Gasteiger partial charge >= 0.3 is 0 Å². The van der Waals surface area contributed by atoms with E-state index in [1.165, 1.54) is 24.5 Å². The van der Waals surface area contributed by atoms with Crippen molar-refractivity contribution < 1.29 is 13.5 Å². The third-order valence-electron chi connectivity index (χ3n) is 2.74. The fourth-order valence-corrected chi connectivity index (χ4v) is 2.45. The summed E-state index contributed by atoms with van der Waals surface area (Å²) >= 11 is 1.40. The van der Waals surface area contributed by atoms with E-state index in [2.05, 4.69) is 10.3 Å². The number of methoxy groups -OCH3 is 1. The van der Waals surface area contributed by atoms with Crippen LogP contribution in [0.5, 0.6) is 5.75 Å². The fraction of sp³-hybridized carbons (Fsp3) is 0.0714. The monoisotopic (exact) mass is 290 g/mol. The Labute approximate surface area is 118 Å². The molecule has 1 aromatic carbocycles. The fourth-order valence-electron chi connectivity index (χ4n) is 1.71. The molecule has 0 saturated heterocycles. The van der Waals surface area contributed by atoms with E-state index in [0.717, 1.165) is 11.3 Å². The molecule has 0 radical (unpaired) electrons. The van der Waals surface area contributed by atoms with E-state index in [1.807, 2.05) is 11.4 Å². The van der Waals surface area contributed by atoms with Crippen molar-refractivity contribution in [3.8, 4) is 17.0 Å². The van der Waals surface area contributed by atoms with Crippen LogP contribution in [0.2, 0.25) is 0 Å². The second-order valence-corrected chi connectivity index (χ2v) is 4.88. The first-order chi connectivity index (χ1) is 9.76. The molecule has 20 heavy (non-hydrogen) atoms. The number of benzene rings is 1. The molecule has 3 rings (SSSR count). The van der Waals surface area contributed by atoms with Crippen LogP contribution in [-0.2, 0) is 0 Å². The molecule has 0 atom stereocenters. The van der Waals surface area contributed by atoms with Gasteiger partial charge in [0.25, 0.3) is 0 Å². The van der Waals surface area contributed by atoms with Gasteiger partial charge in [0, 0.05) is 17.0 Å². The molecular weight excluding hydrogens is 279 g/mol. The number of hydrogen-bond donors (Lipinski definition) is 1. The van der Waals surface area contributed by atoms with Gasteiger partial charge in [-0.3, -0.25) is 0 Å². The molecule has 0 aliphatic heterocycles. The van der Waals surface area contributed by atoms with Gasteiger partial charge in [-0.1, -0.05) is 0 Å². The first kappa shape index (κ1) is 12.7. The maximum absolute atomic E-state index is 13.8. The van der Waals surface area contributed by atoms with Crippen molar-refractivity contribution in [2.45, 2.75) is 0 Å². The summed E-state index contributed by atoms with van der Waals surface area (Å²) in [5.74, 6) is 0.0932. The normalized spacial score (nSPS) is 10.5. The summed E-state index contributed by atoms with van der Waals surface area (Å²) in [6.45, 7) is 0. The Hall–Kier alpha value is -2.34. The van der Waals surface area contributed by atoms with E-state index >= 15 is 0 Å². The lowest BCUT2D eigenvalue weighted by Gasteiger charge is -2.06. The highest BCUT2D eigenvalue weighted by molar-refractivity contribution is 7.14.